The normalized spacial score (nSPS) is 10.6. The molecule has 0 saturated heterocycles. The summed E-state index contributed by atoms with van der Waals surface area (Å²) in [5, 5.41) is 3.42. The number of unbranched alkanes of at least 4 members (excludes halogenated alkanes) is 2. The molecule has 0 unspecified atom stereocenters. The number of carbonyl (C=O) groups excluding carboxylic acids is 1. The highest BCUT2D eigenvalue weighted by molar-refractivity contribution is 5.72. The van der Waals surface area contributed by atoms with Crippen LogP contribution in [-0.2, 0) is 28.8 Å². The van der Waals surface area contributed by atoms with Gasteiger partial charge in [0.15, 0.2) is 0 Å². The molecule has 0 radical (unpaired) electrons. The van der Waals surface area contributed by atoms with Gasteiger partial charge in [-0.25, -0.2) is 4.98 Å². The predicted molar refractivity (Wildman–Crippen MR) is 115 cm³/mol. The summed E-state index contributed by atoms with van der Waals surface area (Å²) in [6, 6.07) is 5.78. The van der Waals surface area contributed by atoms with Crippen molar-refractivity contribution in [3.8, 4) is 5.75 Å². The molecule has 1 aromatic carbocycles. The van der Waals surface area contributed by atoms with Gasteiger partial charge in [-0.05, 0) is 43.4 Å². The van der Waals surface area contributed by atoms with Crippen molar-refractivity contribution in [2.45, 2.75) is 52.4 Å². The fourth-order valence-electron chi connectivity index (χ4n) is 3.28. The molecule has 0 atom stereocenters. The molecule has 2 aromatic rings. The minimum absolute atomic E-state index is 0.238. The first-order chi connectivity index (χ1) is 14.0. The number of carbonyl (C=O) groups is 1. The molecule has 29 heavy (non-hydrogen) atoms. The SMILES string of the molecule is CCCCCNc1nc(N)nc(C)c1CCc1cc(CC(=O)OC)ccc1OC. The Hall–Kier alpha value is -2.83. The zero-order valence-corrected chi connectivity index (χ0v) is 17.9. The number of nitrogens with zero attached hydrogens (tertiary/aromatic N) is 2. The molecule has 7 nitrogen and oxygen atoms in total. The maximum absolute atomic E-state index is 11.6. The van der Waals surface area contributed by atoms with Crippen LogP contribution in [0.4, 0.5) is 11.8 Å². The topological polar surface area (TPSA) is 99.4 Å². The summed E-state index contributed by atoms with van der Waals surface area (Å²) >= 11 is 0. The average Bonchev–Trinajstić information content (AvgIpc) is 2.70. The molecule has 0 fully saturated rings. The molecule has 0 bridgehead atoms. The number of hydrogen-bond acceptors (Lipinski definition) is 7. The van der Waals surface area contributed by atoms with Crippen LogP contribution in [0.15, 0.2) is 18.2 Å². The Labute approximate surface area is 173 Å². The second kappa shape index (κ2) is 11.2. The summed E-state index contributed by atoms with van der Waals surface area (Å²) in [5.41, 5.74) is 9.72. The van der Waals surface area contributed by atoms with E-state index >= 15 is 0 Å². The first kappa shape index (κ1) is 22.5. The standard InChI is InChI=1S/C22H32N4O3/c1-5-6-7-12-24-21-18(15(2)25-22(23)26-21)10-9-17-13-16(14-20(27)29-4)8-11-19(17)28-3/h8,11,13H,5-7,9-10,12,14H2,1-4H3,(H3,23,24,25,26). The fourth-order valence-corrected chi connectivity index (χ4v) is 3.28. The number of ether oxygens (including phenoxy) is 2. The van der Waals surface area contributed by atoms with E-state index in [0.717, 1.165) is 59.8 Å². The van der Waals surface area contributed by atoms with Crippen molar-refractivity contribution in [2.24, 2.45) is 0 Å². The lowest BCUT2D eigenvalue weighted by atomic mass is 10.00. The molecular weight excluding hydrogens is 368 g/mol. The van der Waals surface area contributed by atoms with Crippen molar-refractivity contribution < 1.29 is 14.3 Å². The maximum atomic E-state index is 11.6. The van der Waals surface area contributed by atoms with Gasteiger partial charge in [0.1, 0.15) is 11.6 Å². The van der Waals surface area contributed by atoms with E-state index in [2.05, 4.69) is 22.2 Å². The van der Waals surface area contributed by atoms with Gasteiger partial charge in [0, 0.05) is 17.8 Å². The van der Waals surface area contributed by atoms with Gasteiger partial charge in [-0.1, -0.05) is 31.9 Å². The van der Waals surface area contributed by atoms with E-state index < -0.39 is 0 Å². The molecule has 0 amide bonds. The van der Waals surface area contributed by atoms with Crippen LogP contribution in [0.2, 0.25) is 0 Å². The molecule has 0 aliphatic rings. The van der Waals surface area contributed by atoms with Crippen LogP contribution in [-0.4, -0.2) is 36.7 Å². The fraction of sp³-hybridized carbons (Fsp3) is 0.500. The van der Waals surface area contributed by atoms with Gasteiger partial charge in [-0.2, -0.15) is 4.98 Å². The highest BCUT2D eigenvalue weighted by Crippen LogP contribution is 2.25. The summed E-state index contributed by atoms with van der Waals surface area (Å²) in [5.74, 6) is 1.62. The number of rotatable bonds is 11. The maximum Gasteiger partial charge on any atom is 0.309 e. The van der Waals surface area contributed by atoms with E-state index in [-0.39, 0.29) is 18.3 Å². The van der Waals surface area contributed by atoms with E-state index in [1.807, 2.05) is 25.1 Å². The monoisotopic (exact) mass is 400 g/mol. The van der Waals surface area contributed by atoms with Crippen molar-refractivity contribution in [3.05, 3.63) is 40.6 Å². The number of esters is 1. The quantitative estimate of drug-likeness (QED) is 0.440. The summed E-state index contributed by atoms with van der Waals surface area (Å²) in [6.45, 7) is 4.99. The van der Waals surface area contributed by atoms with Gasteiger partial charge >= 0.3 is 5.97 Å². The van der Waals surface area contributed by atoms with Crippen LogP contribution in [0.5, 0.6) is 5.75 Å². The second-order valence-electron chi connectivity index (χ2n) is 7.03. The first-order valence-corrected chi connectivity index (χ1v) is 10.1. The van der Waals surface area contributed by atoms with Crippen molar-refractivity contribution in [1.29, 1.82) is 0 Å². The van der Waals surface area contributed by atoms with Gasteiger partial charge in [-0.15, -0.1) is 0 Å². The van der Waals surface area contributed by atoms with E-state index in [9.17, 15) is 4.79 Å². The highest BCUT2D eigenvalue weighted by Gasteiger charge is 2.13. The van der Waals surface area contributed by atoms with E-state index in [4.69, 9.17) is 15.2 Å². The zero-order valence-electron chi connectivity index (χ0n) is 17.9. The smallest absolute Gasteiger partial charge is 0.309 e. The molecule has 3 N–H and O–H groups in total. The Balaban J connectivity index is 2.19. The van der Waals surface area contributed by atoms with Crippen LogP contribution in [0.25, 0.3) is 0 Å². The van der Waals surface area contributed by atoms with Gasteiger partial charge in [0.2, 0.25) is 5.95 Å². The van der Waals surface area contributed by atoms with Crippen LogP contribution in [0.1, 0.15) is 48.6 Å². The zero-order chi connectivity index (χ0) is 21.2. The molecule has 0 aliphatic heterocycles. The Kier molecular flexibility index (Phi) is 8.70. The van der Waals surface area contributed by atoms with Crippen LogP contribution in [0, 0.1) is 6.92 Å². The number of nitrogens with one attached hydrogen (secondary N) is 1. The van der Waals surface area contributed by atoms with Crippen LogP contribution < -0.4 is 15.8 Å². The number of methoxy groups -OCH3 is 2. The number of benzene rings is 1. The van der Waals surface area contributed by atoms with Gasteiger partial charge in [0.05, 0.1) is 20.6 Å². The van der Waals surface area contributed by atoms with Crippen LogP contribution in [0.3, 0.4) is 0 Å². The van der Waals surface area contributed by atoms with Crippen molar-refractivity contribution >= 4 is 17.7 Å². The van der Waals surface area contributed by atoms with Crippen molar-refractivity contribution in [3.63, 3.8) is 0 Å². The van der Waals surface area contributed by atoms with Crippen LogP contribution >= 0.6 is 0 Å². The highest BCUT2D eigenvalue weighted by atomic mass is 16.5. The number of aryl methyl sites for hydroxylation is 2. The van der Waals surface area contributed by atoms with E-state index in [1.54, 1.807) is 7.11 Å². The molecule has 1 aromatic heterocycles. The minimum Gasteiger partial charge on any atom is -0.496 e. The van der Waals surface area contributed by atoms with Gasteiger partial charge in [0.25, 0.3) is 0 Å². The lowest BCUT2D eigenvalue weighted by Gasteiger charge is -2.15. The third-order valence-electron chi connectivity index (χ3n) is 4.87. The third kappa shape index (κ3) is 6.62. The lowest BCUT2D eigenvalue weighted by molar-refractivity contribution is -0.139. The number of nitrogens with two attached hydrogens (primary N) is 1. The van der Waals surface area contributed by atoms with Gasteiger partial charge < -0.3 is 20.5 Å². The second-order valence-corrected chi connectivity index (χ2v) is 7.03. The van der Waals surface area contributed by atoms with Gasteiger partial charge in [-0.3, -0.25) is 4.79 Å². The Morgan fingerprint density at radius 2 is 1.97 bits per heavy atom. The number of anilines is 2. The Morgan fingerprint density at radius 3 is 2.66 bits per heavy atom. The van der Waals surface area contributed by atoms with E-state index in [1.165, 1.54) is 20.0 Å². The molecule has 0 saturated carbocycles. The number of hydrogen-bond donors (Lipinski definition) is 2. The molecule has 2 rings (SSSR count). The summed E-state index contributed by atoms with van der Waals surface area (Å²) in [6.07, 6.45) is 5.13. The van der Waals surface area contributed by atoms with Crippen molar-refractivity contribution in [2.75, 3.05) is 31.8 Å². The molecule has 7 heteroatoms. The number of aromatic nitrogens is 2. The third-order valence-corrected chi connectivity index (χ3v) is 4.87. The predicted octanol–water partition coefficient (Wildman–Crippen LogP) is 3.48. The number of nitrogen functional groups attached to an aromatic ring is 1. The summed E-state index contributed by atoms with van der Waals surface area (Å²) in [4.78, 5) is 20.4. The largest absolute Gasteiger partial charge is 0.496 e. The van der Waals surface area contributed by atoms with E-state index in [0.29, 0.717) is 0 Å². The molecular formula is C22H32N4O3. The Bertz CT molecular complexity index is 824. The van der Waals surface area contributed by atoms with Crippen molar-refractivity contribution in [1.82, 2.24) is 9.97 Å². The first-order valence-electron chi connectivity index (χ1n) is 10.1. The molecule has 0 aliphatic carbocycles. The Morgan fingerprint density at radius 1 is 1.17 bits per heavy atom. The summed E-state index contributed by atoms with van der Waals surface area (Å²) in [7, 11) is 3.04. The average molecular weight is 401 g/mol. The molecule has 158 valence electrons. The minimum atomic E-state index is -0.262. The summed E-state index contributed by atoms with van der Waals surface area (Å²) < 4.78 is 10.3. The molecule has 1 heterocycles. The molecule has 0 spiro atoms. The lowest BCUT2D eigenvalue weighted by Crippen LogP contribution is -2.12.